The molecule has 1 saturated carbocycles. The van der Waals surface area contributed by atoms with Gasteiger partial charge in [-0.2, -0.15) is 0 Å². The molecule has 0 heterocycles. The molecule has 3 N–H and O–H groups in total. The average molecular weight is 416 g/mol. The molecule has 2 rings (SSSR count). The predicted molar refractivity (Wildman–Crippen MR) is 108 cm³/mol. The maximum absolute atomic E-state index is 13.0. The Bertz CT molecular complexity index is 684. The number of halogens is 2. The third-order valence-electron chi connectivity index (χ3n) is 5.62. The molecule has 0 aliphatic heterocycles. The van der Waals surface area contributed by atoms with Crippen molar-refractivity contribution in [3.05, 3.63) is 35.6 Å². The highest BCUT2D eigenvalue weighted by Crippen LogP contribution is 2.50. The summed E-state index contributed by atoms with van der Waals surface area (Å²) >= 11 is 0. The summed E-state index contributed by atoms with van der Waals surface area (Å²) in [5, 5.41) is 2.75. The molecule has 2 amide bonds. The molecular formula is C20H31ClFN3O3. The van der Waals surface area contributed by atoms with Crippen LogP contribution in [-0.4, -0.2) is 48.1 Å². The second-order valence-electron chi connectivity index (χ2n) is 7.56. The number of nitrogens with two attached hydrogens (primary N) is 1. The van der Waals surface area contributed by atoms with Gasteiger partial charge >= 0.3 is 0 Å². The Kier molecular flexibility index (Phi) is 8.41. The molecule has 0 saturated heterocycles. The van der Waals surface area contributed by atoms with Gasteiger partial charge in [-0.1, -0.05) is 26.0 Å². The second kappa shape index (κ2) is 9.67. The van der Waals surface area contributed by atoms with Crippen LogP contribution in [0.3, 0.4) is 0 Å². The number of nitrogens with one attached hydrogen (secondary N) is 1. The van der Waals surface area contributed by atoms with E-state index in [4.69, 9.17) is 10.5 Å². The van der Waals surface area contributed by atoms with E-state index in [9.17, 15) is 14.0 Å². The standard InChI is InChI=1S/C20H30FN3O3.ClH/c1-5-24(13-17(25)23-12-14-7-9-15(21)10-8-14)18(26)20(22)11-16(27-6-2)19(20,3)4;/h7-10,16H,5-6,11-13,22H2,1-4H3,(H,23,25);1H. The van der Waals surface area contributed by atoms with Crippen LogP contribution >= 0.6 is 12.4 Å². The van der Waals surface area contributed by atoms with Gasteiger partial charge in [0.05, 0.1) is 12.6 Å². The van der Waals surface area contributed by atoms with Crippen molar-refractivity contribution in [2.45, 2.75) is 52.3 Å². The average Bonchev–Trinajstić information content (AvgIpc) is 2.64. The molecule has 0 bridgehead atoms. The molecular weight excluding hydrogens is 385 g/mol. The third kappa shape index (κ3) is 4.82. The lowest BCUT2D eigenvalue weighted by atomic mass is 9.54. The van der Waals surface area contributed by atoms with Crippen molar-refractivity contribution in [2.75, 3.05) is 19.7 Å². The van der Waals surface area contributed by atoms with Gasteiger partial charge in [0.15, 0.2) is 0 Å². The zero-order valence-corrected chi connectivity index (χ0v) is 17.8. The molecule has 0 spiro atoms. The van der Waals surface area contributed by atoms with Gasteiger partial charge < -0.3 is 20.7 Å². The summed E-state index contributed by atoms with van der Waals surface area (Å²) in [4.78, 5) is 26.8. The minimum absolute atomic E-state index is 0. The molecule has 2 atom stereocenters. The molecule has 0 radical (unpaired) electrons. The van der Waals surface area contributed by atoms with E-state index >= 15 is 0 Å². The number of likely N-dealkylation sites (N-methyl/N-ethyl adjacent to an activating group) is 1. The number of rotatable bonds is 8. The maximum Gasteiger partial charge on any atom is 0.243 e. The lowest BCUT2D eigenvalue weighted by Crippen LogP contribution is -2.76. The number of carbonyl (C=O) groups excluding carboxylic acids is 2. The van der Waals surface area contributed by atoms with E-state index in [0.29, 0.717) is 19.6 Å². The molecule has 8 heteroatoms. The molecule has 158 valence electrons. The minimum atomic E-state index is -1.04. The highest BCUT2D eigenvalue weighted by Gasteiger charge is 2.63. The molecule has 1 fully saturated rings. The van der Waals surface area contributed by atoms with Crippen LogP contribution in [0.25, 0.3) is 0 Å². The quantitative estimate of drug-likeness (QED) is 0.682. The monoisotopic (exact) mass is 415 g/mol. The van der Waals surface area contributed by atoms with Gasteiger partial charge in [-0.15, -0.1) is 12.4 Å². The summed E-state index contributed by atoms with van der Waals surface area (Å²) in [6.07, 6.45) is 0.378. The zero-order valence-electron chi connectivity index (χ0n) is 17.0. The summed E-state index contributed by atoms with van der Waals surface area (Å²) in [5.41, 5.74) is 5.68. The zero-order chi connectivity index (χ0) is 20.2. The van der Waals surface area contributed by atoms with Crippen LogP contribution in [0, 0.1) is 11.2 Å². The first kappa shape index (κ1) is 24.3. The van der Waals surface area contributed by atoms with Gasteiger partial charge in [-0.25, -0.2) is 4.39 Å². The fourth-order valence-electron chi connectivity index (χ4n) is 3.44. The Hall–Kier alpha value is -1.70. The van der Waals surface area contributed by atoms with Crippen LogP contribution in [0.4, 0.5) is 4.39 Å². The normalized spacial score (nSPS) is 22.6. The van der Waals surface area contributed by atoms with Crippen molar-refractivity contribution in [1.29, 1.82) is 0 Å². The van der Waals surface area contributed by atoms with Crippen molar-refractivity contribution in [2.24, 2.45) is 11.1 Å². The minimum Gasteiger partial charge on any atom is -0.378 e. The largest absolute Gasteiger partial charge is 0.378 e. The van der Waals surface area contributed by atoms with E-state index in [0.717, 1.165) is 5.56 Å². The van der Waals surface area contributed by atoms with Crippen molar-refractivity contribution >= 4 is 24.2 Å². The van der Waals surface area contributed by atoms with E-state index in [1.165, 1.54) is 17.0 Å². The van der Waals surface area contributed by atoms with Crippen LogP contribution in [-0.2, 0) is 20.9 Å². The molecule has 0 aromatic heterocycles. The maximum atomic E-state index is 13.0. The van der Waals surface area contributed by atoms with Crippen LogP contribution in [0.5, 0.6) is 0 Å². The number of ether oxygens (including phenoxy) is 1. The Morgan fingerprint density at radius 2 is 1.89 bits per heavy atom. The number of hydrogen-bond acceptors (Lipinski definition) is 4. The molecule has 1 aromatic carbocycles. The topological polar surface area (TPSA) is 84.7 Å². The number of nitrogens with zero attached hydrogens (tertiary/aromatic N) is 1. The number of hydrogen-bond donors (Lipinski definition) is 2. The van der Waals surface area contributed by atoms with Gasteiger partial charge in [0, 0.05) is 31.5 Å². The summed E-state index contributed by atoms with van der Waals surface area (Å²) in [6, 6.07) is 5.90. The van der Waals surface area contributed by atoms with Crippen LogP contribution < -0.4 is 11.1 Å². The van der Waals surface area contributed by atoms with E-state index in [1.807, 2.05) is 27.7 Å². The highest BCUT2D eigenvalue weighted by molar-refractivity contribution is 5.92. The Balaban J connectivity index is 0.00000392. The molecule has 28 heavy (non-hydrogen) atoms. The van der Waals surface area contributed by atoms with Crippen LogP contribution in [0.15, 0.2) is 24.3 Å². The fraction of sp³-hybridized carbons (Fsp3) is 0.600. The highest BCUT2D eigenvalue weighted by atomic mass is 35.5. The molecule has 6 nitrogen and oxygen atoms in total. The van der Waals surface area contributed by atoms with Crippen molar-refractivity contribution in [3.8, 4) is 0 Å². The summed E-state index contributed by atoms with van der Waals surface area (Å²) < 4.78 is 18.6. The van der Waals surface area contributed by atoms with E-state index in [2.05, 4.69) is 5.32 Å². The van der Waals surface area contributed by atoms with Gasteiger partial charge in [0.1, 0.15) is 11.4 Å². The van der Waals surface area contributed by atoms with Gasteiger partial charge in [0.2, 0.25) is 11.8 Å². The van der Waals surface area contributed by atoms with Gasteiger partial charge in [0.25, 0.3) is 0 Å². The third-order valence-corrected chi connectivity index (χ3v) is 5.62. The smallest absolute Gasteiger partial charge is 0.243 e. The van der Waals surface area contributed by atoms with E-state index < -0.39 is 11.0 Å². The van der Waals surface area contributed by atoms with Gasteiger partial charge in [-0.05, 0) is 31.5 Å². The fourth-order valence-corrected chi connectivity index (χ4v) is 3.44. The predicted octanol–water partition coefficient (Wildman–Crippen LogP) is 2.24. The number of benzene rings is 1. The number of carbonyl (C=O) groups is 2. The van der Waals surface area contributed by atoms with Crippen molar-refractivity contribution < 1.29 is 18.7 Å². The molecule has 1 aliphatic rings. The first-order chi connectivity index (χ1) is 12.7. The van der Waals surface area contributed by atoms with Crippen molar-refractivity contribution in [1.82, 2.24) is 10.2 Å². The first-order valence-corrected chi connectivity index (χ1v) is 9.36. The molecule has 1 aromatic rings. The Morgan fingerprint density at radius 1 is 1.29 bits per heavy atom. The van der Waals surface area contributed by atoms with Crippen LogP contribution in [0.1, 0.15) is 39.7 Å². The summed E-state index contributed by atoms with van der Waals surface area (Å²) in [5.74, 6) is -0.839. The van der Waals surface area contributed by atoms with Crippen molar-refractivity contribution in [3.63, 3.8) is 0 Å². The molecule has 1 aliphatic carbocycles. The van der Waals surface area contributed by atoms with E-state index in [1.54, 1.807) is 12.1 Å². The SMILES string of the molecule is CCOC1CC(N)(C(=O)N(CC)CC(=O)NCc2ccc(F)cc2)C1(C)C.Cl. The lowest BCUT2D eigenvalue weighted by Gasteiger charge is -2.58. The van der Waals surface area contributed by atoms with Crippen LogP contribution in [0.2, 0.25) is 0 Å². The molecule has 2 unspecified atom stereocenters. The van der Waals surface area contributed by atoms with Gasteiger partial charge in [-0.3, -0.25) is 9.59 Å². The number of amides is 2. The lowest BCUT2D eigenvalue weighted by molar-refractivity contribution is -0.179. The summed E-state index contributed by atoms with van der Waals surface area (Å²) in [6.45, 7) is 8.76. The second-order valence-corrected chi connectivity index (χ2v) is 7.56. The first-order valence-electron chi connectivity index (χ1n) is 9.36. The summed E-state index contributed by atoms with van der Waals surface area (Å²) in [7, 11) is 0. The Labute approximate surface area is 172 Å². The Morgan fingerprint density at radius 3 is 2.39 bits per heavy atom. The van der Waals surface area contributed by atoms with E-state index in [-0.39, 0.29) is 49.2 Å².